The number of carbonyl (C=O) groups is 1. The molecule has 3 rings (SSSR count). The van der Waals surface area contributed by atoms with E-state index in [-0.39, 0.29) is 22.8 Å². The molecule has 1 aliphatic heterocycles. The summed E-state index contributed by atoms with van der Waals surface area (Å²) in [5.74, 6) is 0.339. The van der Waals surface area contributed by atoms with Gasteiger partial charge in [0.1, 0.15) is 22.8 Å². The molecule has 0 bridgehead atoms. The fraction of sp³-hybridized carbons (Fsp3) is 0.261. The number of rotatable bonds is 6. The number of benzene rings is 2. The van der Waals surface area contributed by atoms with E-state index < -0.39 is 0 Å². The van der Waals surface area contributed by atoms with Crippen LogP contribution in [0, 0.1) is 6.92 Å². The summed E-state index contributed by atoms with van der Waals surface area (Å²) >= 11 is 0. The third-order valence-electron chi connectivity index (χ3n) is 4.77. The summed E-state index contributed by atoms with van der Waals surface area (Å²) in [6, 6.07) is 9.50. The SMILES string of the molecule is COc1cc(OC)c(C2=CCNCC2)c(O)c1C(=O)/C=C/c1cccc(C)c1. The van der Waals surface area contributed by atoms with Crippen LogP contribution in [0.2, 0.25) is 0 Å². The van der Waals surface area contributed by atoms with Gasteiger partial charge in [-0.05, 0) is 37.1 Å². The molecule has 0 amide bonds. The molecule has 0 fully saturated rings. The molecule has 2 N–H and O–H groups in total. The Labute approximate surface area is 165 Å². The summed E-state index contributed by atoms with van der Waals surface area (Å²) < 4.78 is 10.8. The topological polar surface area (TPSA) is 67.8 Å². The first-order valence-corrected chi connectivity index (χ1v) is 9.22. The maximum absolute atomic E-state index is 12.9. The zero-order valence-corrected chi connectivity index (χ0v) is 16.4. The Hall–Kier alpha value is -3.05. The molecule has 0 unspecified atom stereocenters. The molecule has 5 nitrogen and oxygen atoms in total. The van der Waals surface area contributed by atoms with Crippen LogP contribution < -0.4 is 14.8 Å². The fourth-order valence-electron chi connectivity index (χ4n) is 3.37. The lowest BCUT2D eigenvalue weighted by atomic mass is 9.93. The van der Waals surface area contributed by atoms with Gasteiger partial charge in [-0.1, -0.05) is 42.0 Å². The van der Waals surface area contributed by atoms with Crippen LogP contribution in [0.25, 0.3) is 11.6 Å². The van der Waals surface area contributed by atoms with Crippen molar-refractivity contribution in [3.8, 4) is 17.2 Å². The highest BCUT2D eigenvalue weighted by Gasteiger charge is 2.25. The number of ether oxygens (including phenoxy) is 2. The van der Waals surface area contributed by atoms with Gasteiger partial charge in [0.25, 0.3) is 0 Å². The molecular weight excluding hydrogens is 354 g/mol. The number of hydrogen-bond donors (Lipinski definition) is 2. The van der Waals surface area contributed by atoms with Gasteiger partial charge in [0.2, 0.25) is 0 Å². The van der Waals surface area contributed by atoms with Crippen molar-refractivity contribution >= 4 is 17.4 Å². The second-order valence-corrected chi connectivity index (χ2v) is 6.67. The lowest BCUT2D eigenvalue weighted by molar-refractivity contribution is 0.104. The molecule has 2 aromatic rings. The number of hydrogen-bond acceptors (Lipinski definition) is 5. The molecule has 0 radical (unpaired) electrons. The number of ketones is 1. The Morgan fingerprint density at radius 1 is 1.18 bits per heavy atom. The standard InChI is InChI=1S/C23H25NO4/c1-15-5-4-6-16(13-15)7-8-18(25)22-20(28-3)14-19(27-2)21(23(22)26)17-9-11-24-12-10-17/h4-9,13-14,24,26H,10-12H2,1-3H3/b8-7+. The van der Waals surface area contributed by atoms with Crippen molar-refractivity contribution < 1.29 is 19.4 Å². The molecule has 1 aliphatic rings. The van der Waals surface area contributed by atoms with Gasteiger partial charge < -0.3 is 19.9 Å². The van der Waals surface area contributed by atoms with Crippen molar-refractivity contribution in [1.29, 1.82) is 0 Å². The second-order valence-electron chi connectivity index (χ2n) is 6.67. The smallest absolute Gasteiger partial charge is 0.193 e. The normalized spacial score (nSPS) is 14.0. The Kier molecular flexibility index (Phi) is 6.16. The average Bonchev–Trinajstić information content (AvgIpc) is 2.71. The van der Waals surface area contributed by atoms with Crippen molar-refractivity contribution in [3.63, 3.8) is 0 Å². The third-order valence-corrected chi connectivity index (χ3v) is 4.77. The molecule has 1 heterocycles. The highest BCUT2D eigenvalue weighted by atomic mass is 16.5. The minimum Gasteiger partial charge on any atom is -0.506 e. The minimum absolute atomic E-state index is 0.108. The molecule has 2 aromatic carbocycles. The quantitative estimate of drug-likeness (QED) is 0.587. The molecule has 0 aromatic heterocycles. The first-order chi connectivity index (χ1) is 13.5. The summed E-state index contributed by atoms with van der Waals surface area (Å²) in [6.45, 7) is 3.51. The molecule has 0 saturated carbocycles. The lowest BCUT2D eigenvalue weighted by Crippen LogP contribution is -2.20. The van der Waals surface area contributed by atoms with E-state index in [1.54, 1.807) is 19.3 Å². The minimum atomic E-state index is -0.325. The van der Waals surface area contributed by atoms with E-state index in [0.717, 1.165) is 29.7 Å². The van der Waals surface area contributed by atoms with E-state index in [4.69, 9.17) is 9.47 Å². The average molecular weight is 379 g/mol. The second kappa shape index (κ2) is 8.76. The third kappa shape index (κ3) is 4.10. The zero-order chi connectivity index (χ0) is 20.1. The van der Waals surface area contributed by atoms with E-state index in [0.29, 0.717) is 17.9 Å². The number of phenols is 1. The van der Waals surface area contributed by atoms with E-state index in [9.17, 15) is 9.90 Å². The van der Waals surface area contributed by atoms with Crippen LogP contribution in [0.1, 0.15) is 33.5 Å². The Balaban J connectivity index is 2.06. The van der Waals surface area contributed by atoms with E-state index in [2.05, 4.69) is 5.32 Å². The van der Waals surface area contributed by atoms with E-state index in [1.165, 1.54) is 13.2 Å². The Morgan fingerprint density at radius 3 is 2.61 bits per heavy atom. The van der Waals surface area contributed by atoms with Gasteiger partial charge >= 0.3 is 0 Å². The summed E-state index contributed by atoms with van der Waals surface area (Å²) in [7, 11) is 3.01. The van der Waals surface area contributed by atoms with Gasteiger partial charge in [0.05, 0.1) is 19.8 Å². The van der Waals surface area contributed by atoms with E-state index in [1.807, 2.05) is 37.3 Å². The van der Waals surface area contributed by atoms with Crippen molar-refractivity contribution in [2.24, 2.45) is 0 Å². The lowest BCUT2D eigenvalue weighted by Gasteiger charge is -2.20. The molecule has 0 spiro atoms. The van der Waals surface area contributed by atoms with Gasteiger partial charge in [-0.15, -0.1) is 0 Å². The molecular formula is C23H25NO4. The molecule has 28 heavy (non-hydrogen) atoms. The maximum atomic E-state index is 12.9. The summed E-state index contributed by atoms with van der Waals surface area (Å²) in [6.07, 6.45) is 5.94. The number of aromatic hydroxyl groups is 1. The van der Waals surface area contributed by atoms with Crippen LogP contribution in [0.4, 0.5) is 0 Å². The monoisotopic (exact) mass is 379 g/mol. The molecule has 5 heteroatoms. The molecule has 146 valence electrons. The van der Waals surface area contributed by atoms with Crippen LogP contribution in [0.5, 0.6) is 17.2 Å². The van der Waals surface area contributed by atoms with Gasteiger partial charge in [0.15, 0.2) is 5.78 Å². The highest BCUT2D eigenvalue weighted by Crippen LogP contribution is 2.43. The van der Waals surface area contributed by atoms with Gasteiger partial charge in [-0.2, -0.15) is 0 Å². The van der Waals surface area contributed by atoms with Gasteiger partial charge in [-0.3, -0.25) is 4.79 Å². The Bertz CT molecular complexity index is 944. The maximum Gasteiger partial charge on any atom is 0.193 e. The van der Waals surface area contributed by atoms with Crippen LogP contribution in [0.15, 0.2) is 42.5 Å². The summed E-state index contributed by atoms with van der Waals surface area (Å²) in [5.41, 5.74) is 3.67. The van der Waals surface area contributed by atoms with Crippen molar-refractivity contribution in [2.75, 3.05) is 27.3 Å². The number of allylic oxidation sites excluding steroid dienone is 1. The van der Waals surface area contributed by atoms with Crippen molar-refractivity contribution in [3.05, 3.63) is 64.7 Å². The largest absolute Gasteiger partial charge is 0.506 e. The number of methoxy groups -OCH3 is 2. The van der Waals surface area contributed by atoms with Gasteiger partial charge in [0, 0.05) is 12.6 Å². The highest BCUT2D eigenvalue weighted by molar-refractivity contribution is 6.11. The molecule has 0 saturated heterocycles. The summed E-state index contributed by atoms with van der Waals surface area (Å²) in [5, 5.41) is 14.2. The number of aryl methyl sites for hydroxylation is 1. The van der Waals surface area contributed by atoms with Crippen LogP contribution in [-0.2, 0) is 0 Å². The Morgan fingerprint density at radius 2 is 1.96 bits per heavy atom. The predicted molar refractivity (Wildman–Crippen MR) is 111 cm³/mol. The van der Waals surface area contributed by atoms with Crippen LogP contribution in [0.3, 0.4) is 0 Å². The predicted octanol–water partition coefficient (Wildman–Crippen LogP) is 3.99. The molecule has 0 aliphatic carbocycles. The number of nitrogens with one attached hydrogen (secondary N) is 1. The van der Waals surface area contributed by atoms with Crippen molar-refractivity contribution in [2.45, 2.75) is 13.3 Å². The first kappa shape index (κ1) is 19.7. The van der Waals surface area contributed by atoms with E-state index >= 15 is 0 Å². The van der Waals surface area contributed by atoms with Crippen molar-refractivity contribution in [1.82, 2.24) is 5.32 Å². The number of phenolic OH excluding ortho intramolecular Hbond substituents is 1. The number of carbonyl (C=O) groups excluding carboxylic acids is 1. The van der Waals surface area contributed by atoms with Crippen LogP contribution in [-0.4, -0.2) is 38.2 Å². The first-order valence-electron chi connectivity index (χ1n) is 9.22. The summed E-state index contributed by atoms with van der Waals surface area (Å²) in [4.78, 5) is 12.9. The van der Waals surface area contributed by atoms with Crippen LogP contribution >= 0.6 is 0 Å². The van der Waals surface area contributed by atoms with Gasteiger partial charge in [-0.25, -0.2) is 0 Å². The molecule has 0 atom stereocenters. The fourth-order valence-corrected chi connectivity index (χ4v) is 3.37. The zero-order valence-electron chi connectivity index (χ0n) is 16.4.